The summed E-state index contributed by atoms with van der Waals surface area (Å²) in [4.78, 5) is 20.5. The molecule has 22 heavy (non-hydrogen) atoms. The molecule has 0 spiro atoms. The molecular weight excluding hydrogens is 325 g/mol. The molecule has 0 bridgehead atoms. The van der Waals surface area contributed by atoms with Crippen LogP contribution in [0.25, 0.3) is 0 Å². The van der Waals surface area contributed by atoms with Crippen LogP contribution in [0.1, 0.15) is 25.7 Å². The zero-order valence-electron chi connectivity index (χ0n) is 12.3. The fourth-order valence-electron chi connectivity index (χ4n) is 3.25. The summed E-state index contributed by atoms with van der Waals surface area (Å²) in [6.45, 7) is 2.41. The Kier molecular flexibility index (Phi) is 4.48. The zero-order chi connectivity index (χ0) is 15.7. The number of carbonyl (C=O) groups excluding carboxylic acids is 1. The number of aliphatic hydroxyl groups is 1. The highest BCUT2D eigenvalue weighted by Crippen LogP contribution is 2.32. The first-order valence-corrected chi connectivity index (χ1v) is 8.33. The molecule has 1 aromatic rings. The number of carbonyl (C=O) groups is 1. The van der Waals surface area contributed by atoms with Crippen LogP contribution in [0.15, 0.2) is 12.3 Å². The molecule has 3 rings (SSSR count). The number of hydrogen-bond donors (Lipinski definition) is 1. The maximum Gasteiger partial charge on any atom is 0.256 e. The summed E-state index contributed by atoms with van der Waals surface area (Å²) in [5.74, 6) is 0.401. The Morgan fingerprint density at radius 3 is 2.64 bits per heavy atom. The molecule has 0 aliphatic carbocycles. The first-order chi connectivity index (χ1) is 10.5. The van der Waals surface area contributed by atoms with Crippen LogP contribution in [-0.4, -0.2) is 52.7 Å². The average molecular weight is 344 g/mol. The molecule has 3 heterocycles. The number of aromatic nitrogens is 1. The molecule has 7 heteroatoms. The van der Waals surface area contributed by atoms with Gasteiger partial charge in [-0.05, 0) is 31.7 Å². The quantitative estimate of drug-likeness (QED) is 0.895. The highest BCUT2D eigenvalue weighted by molar-refractivity contribution is 6.36. The minimum Gasteiger partial charge on any atom is -0.378 e. The second-order valence-corrected chi connectivity index (χ2v) is 6.86. The topological polar surface area (TPSA) is 56.7 Å². The van der Waals surface area contributed by atoms with Gasteiger partial charge in [0.1, 0.15) is 5.82 Å². The van der Waals surface area contributed by atoms with Crippen molar-refractivity contribution in [3.63, 3.8) is 0 Å². The van der Waals surface area contributed by atoms with E-state index in [4.69, 9.17) is 23.2 Å². The molecule has 1 N–H and O–H groups in total. The maximum atomic E-state index is 12.6. The van der Waals surface area contributed by atoms with Gasteiger partial charge in [-0.2, -0.15) is 0 Å². The van der Waals surface area contributed by atoms with Gasteiger partial charge in [-0.15, -0.1) is 0 Å². The smallest absolute Gasteiger partial charge is 0.256 e. The monoisotopic (exact) mass is 343 g/mol. The van der Waals surface area contributed by atoms with E-state index in [0.29, 0.717) is 28.8 Å². The predicted octanol–water partition coefficient (Wildman–Crippen LogP) is 2.34. The second kappa shape index (κ2) is 6.22. The van der Waals surface area contributed by atoms with Crippen molar-refractivity contribution in [2.75, 3.05) is 31.1 Å². The second-order valence-electron chi connectivity index (χ2n) is 6.01. The van der Waals surface area contributed by atoms with Crippen LogP contribution in [0.4, 0.5) is 5.82 Å². The summed E-state index contributed by atoms with van der Waals surface area (Å²) in [6.07, 6.45) is 4.74. The largest absolute Gasteiger partial charge is 0.378 e. The standard InChI is InChI=1S/C15H19Cl2N3O2/c16-11-8-12(17)13(18-9-11)20-7-3-4-15(22,10-20)14(21)19-5-1-2-6-19/h8-9,22H,1-7,10H2/t15-/m0/s1. The molecule has 1 atom stereocenters. The summed E-state index contributed by atoms with van der Waals surface area (Å²) in [6, 6.07) is 1.63. The van der Waals surface area contributed by atoms with Crippen LogP contribution in [0, 0.1) is 0 Å². The van der Waals surface area contributed by atoms with Gasteiger partial charge >= 0.3 is 0 Å². The Hall–Kier alpha value is -1.04. The molecule has 1 amide bonds. The number of β-amino-alcohol motifs (C(OH)–C–C–N with tert-alkyl or cyclic N) is 1. The number of pyridine rings is 1. The van der Waals surface area contributed by atoms with E-state index in [-0.39, 0.29) is 12.5 Å². The van der Waals surface area contributed by atoms with Crippen LogP contribution in [-0.2, 0) is 4.79 Å². The Labute approximate surface area is 139 Å². The van der Waals surface area contributed by atoms with Crippen molar-refractivity contribution in [2.45, 2.75) is 31.3 Å². The van der Waals surface area contributed by atoms with Gasteiger partial charge in [0, 0.05) is 25.8 Å². The fraction of sp³-hybridized carbons (Fsp3) is 0.600. The van der Waals surface area contributed by atoms with Crippen molar-refractivity contribution in [2.24, 2.45) is 0 Å². The van der Waals surface area contributed by atoms with Gasteiger partial charge in [0.2, 0.25) is 0 Å². The molecule has 0 saturated carbocycles. The molecule has 2 aliphatic rings. The van der Waals surface area contributed by atoms with E-state index in [9.17, 15) is 9.90 Å². The van der Waals surface area contributed by atoms with Gasteiger partial charge in [-0.3, -0.25) is 4.79 Å². The van der Waals surface area contributed by atoms with Crippen molar-refractivity contribution in [3.05, 3.63) is 22.3 Å². The number of nitrogens with zero attached hydrogens (tertiary/aromatic N) is 3. The highest BCUT2D eigenvalue weighted by Gasteiger charge is 2.43. The number of piperidine rings is 1. The van der Waals surface area contributed by atoms with Crippen molar-refractivity contribution in [1.29, 1.82) is 0 Å². The van der Waals surface area contributed by atoms with Crippen molar-refractivity contribution in [1.82, 2.24) is 9.88 Å². The Balaban J connectivity index is 1.79. The fourth-order valence-corrected chi connectivity index (χ4v) is 3.75. The summed E-state index contributed by atoms with van der Waals surface area (Å²) in [5, 5.41) is 11.7. The van der Waals surface area contributed by atoms with Crippen molar-refractivity contribution < 1.29 is 9.90 Å². The number of hydrogen-bond acceptors (Lipinski definition) is 4. The van der Waals surface area contributed by atoms with Crippen LogP contribution in [0.3, 0.4) is 0 Å². The van der Waals surface area contributed by atoms with Crippen molar-refractivity contribution >= 4 is 34.9 Å². The molecule has 2 aliphatic heterocycles. The lowest BCUT2D eigenvalue weighted by atomic mass is 9.91. The van der Waals surface area contributed by atoms with Gasteiger partial charge in [0.05, 0.1) is 16.6 Å². The Morgan fingerprint density at radius 2 is 1.95 bits per heavy atom. The third-order valence-corrected chi connectivity index (χ3v) is 4.83. The van der Waals surface area contributed by atoms with Gasteiger partial charge in [0.25, 0.3) is 5.91 Å². The maximum absolute atomic E-state index is 12.6. The molecule has 0 aromatic carbocycles. The van der Waals surface area contributed by atoms with Crippen LogP contribution in [0.5, 0.6) is 0 Å². The number of anilines is 1. The van der Waals surface area contributed by atoms with E-state index in [2.05, 4.69) is 4.98 Å². The van der Waals surface area contributed by atoms with Gasteiger partial charge in [-0.25, -0.2) is 4.98 Å². The van der Waals surface area contributed by atoms with Gasteiger partial charge in [-0.1, -0.05) is 23.2 Å². The molecule has 0 radical (unpaired) electrons. The highest BCUT2D eigenvalue weighted by atomic mass is 35.5. The normalized spacial score (nSPS) is 25.6. The van der Waals surface area contributed by atoms with E-state index < -0.39 is 5.60 Å². The minimum absolute atomic E-state index is 0.167. The lowest BCUT2D eigenvalue weighted by Crippen LogP contribution is -2.58. The average Bonchev–Trinajstić information content (AvgIpc) is 3.00. The zero-order valence-corrected chi connectivity index (χ0v) is 13.8. The number of likely N-dealkylation sites (tertiary alicyclic amines) is 1. The van der Waals surface area contributed by atoms with Crippen molar-refractivity contribution in [3.8, 4) is 0 Å². The first-order valence-electron chi connectivity index (χ1n) is 7.57. The summed E-state index contributed by atoms with van der Waals surface area (Å²) in [7, 11) is 0. The number of amides is 1. The van der Waals surface area contributed by atoms with E-state index >= 15 is 0 Å². The van der Waals surface area contributed by atoms with E-state index in [1.54, 1.807) is 11.0 Å². The molecule has 120 valence electrons. The Morgan fingerprint density at radius 1 is 1.23 bits per heavy atom. The summed E-state index contributed by atoms with van der Waals surface area (Å²) < 4.78 is 0. The number of rotatable bonds is 2. The van der Waals surface area contributed by atoms with Crippen LogP contribution < -0.4 is 4.90 Å². The molecule has 0 unspecified atom stereocenters. The Bertz CT molecular complexity index is 578. The number of halogens is 2. The molecule has 2 fully saturated rings. The van der Waals surface area contributed by atoms with Crippen LogP contribution >= 0.6 is 23.2 Å². The third kappa shape index (κ3) is 3.03. The molecule has 2 saturated heterocycles. The van der Waals surface area contributed by atoms with Crippen LogP contribution in [0.2, 0.25) is 10.0 Å². The van der Waals surface area contributed by atoms with E-state index in [1.165, 1.54) is 6.20 Å². The third-order valence-electron chi connectivity index (χ3n) is 4.35. The van der Waals surface area contributed by atoms with Gasteiger partial charge in [0.15, 0.2) is 5.60 Å². The van der Waals surface area contributed by atoms with E-state index in [0.717, 1.165) is 32.4 Å². The lowest BCUT2D eigenvalue weighted by Gasteiger charge is -2.40. The lowest BCUT2D eigenvalue weighted by molar-refractivity contribution is -0.151. The molecular formula is C15H19Cl2N3O2. The summed E-state index contributed by atoms with van der Waals surface area (Å²) in [5.41, 5.74) is -1.35. The first kappa shape index (κ1) is 15.8. The predicted molar refractivity (Wildman–Crippen MR) is 86.5 cm³/mol. The molecule has 5 nitrogen and oxygen atoms in total. The summed E-state index contributed by atoms with van der Waals surface area (Å²) >= 11 is 12.1. The van der Waals surface area contributed by atoms with Gasteiger partial charge < -0.3 is 14.9 Å². The molecule has 1 aromatic heterocycles. The van der Waals surface area contributed by atoms with E-state index in [1.807, 2.05) is 4.90 Å². The SMILES string of the molecule is O=C(N1CCCC1)[C@]1(O)CCCN(c2ncc(Cl)cc2Cl)C1. The minimum atomic E-state index is -1.35.